The van der Waals surface area contributed by atoms with Crippen molar-refractivity contribution in [3.63, 3.8) is 0 Å². The lowest BCUT2D eigenvalue weighted by atomic mass is 10.1. The van der Waals surface area contributed by atoms with Gasteiger partial charge in [0.1, 0.15) is 0 Å². The van der Waals surface area contributed by atoms with Crippen LogP contribution in [-0.2, 0) is 0 Å². The monoisotopic (exact) mass is 388 g/mol. The average Bonchev–Trinajstić information content (AvgIpc) is 3.02. The van der Waals surface area contributed by atoms with Crippen LogP contribution >= 0.6 is 22.9 Å². The van der Waals surface area contributed by atoms with Gasteiger partial charge in [-0.3, -0.25) is 4.79 Å². The van der Waals surface area contributed by atoms with E-state index >= 15 is 0 Å². The number of carbonyl (C=O) groups is 1. The molecule has 0 bridgehead atoms. The minimum atomic E-state index is -0.0517. The number of rotatable bonds is 3. The number of carbonyl (C=O) groups excluding carboxylic acids is 1. The van der Waals surface area contributed by atoms with Gasteiger partial charge in [-0.05, 0) is 31.0 Å². The number of hydrogen-bond acceptors (Lipinski definition) is 7. The summed E-state index contributed by atoms with van der Waals surface area (Å²) < 4.78 is 1.49. The summed E-state index contributed by atoms with van der Waals surface area (Å²) in [6.07, 6.45) is 4.76. The van der Waals surface area contributed by atoms with Gasteiger partial charge in [0.25, 0.3) is 5.91 Å². The Morgan fingerprint density at radius 2 is 2.00 bits per heavy atom. The van der Waals surface area contributed by atoms with Crippen LogP contribution in [-0.4, -0.2) is 44.9 Å². The van der Waals surface area contributed by atoms with Crippen molar-refractivity contribution in [3.8, 4) is 0 Å². The third kappa shape index (κ3) is 3.62. The fraction of sp³-hybridized carbons (Fsp3) is 0.294. The SMILES string of the molecule is NC1CCN(C(=O)c2cnc(Nc3ccc4nc(Cl)sc4c3)nc2)CC1. The Morgan fingerprint density at radius 3 is 2.73 bits per heavy atom. The van der Waals surface area contributed by atoms with E-state index < -0.39 is 0 Å². The Bertz CT molecular complexity index is 936. The summed E-state index contributed by atoms with van der Waals surface area (Å²) in [6.45, 7) is 1.36. The minimum Gasteiger partial charge on any atom is -0.338 e. The number of nitrogens with one attached hydrogen (secondary N) is 1. The smallest absolute Gasteiger partial charge is 0.256 e. The summed E-state index contributed by atoms with van der Waals surface area (Å²) in [7, 11) is 0. The number of amides is 1. The van der Waals surface area contributed by atoms with Gasteiger partial charge in [-0.25, -0.2) is 15.0 Å². The number of thiazole rings is 1. The third-order valence-corrected chi connectivity index (χ3v) is 5.47. The topological polar surface area (TPSA) is 97.0 Å². The van der Waals surface area contributed by atoms with E-state index in [0.29, 0.717) is 29.1 Å². The first-order valence-electron chi connectivity index (χ1n) is 8.28. The lowest BCUT2D eigenvalue weighted by Crippen LogP contribution is -2.42. The quantitative estimate of drug-likeness (QED) is 0.715. The molecule has 3 aromatic rings. The number of anilines is 2. The van der Waals surface area contributed by atoms with Crippen molar-refractivity contribution >= 4 is 50.7 Å². The normalized spacial score (nSPS) is 15.4. The lowest BCUT2D eigenvalue weighted by Gasteiger charge is -2.30. The number of nitrogens with two attached hydrogens (primary N) is 1. The van der Waals surface area contributed by atoms with Gasteiger partial charge in [-0.1, -0.05) is 11.6 Å². The van der Waals surface area contributed by atoms with Gasteiger partial charge in [0.2, 0.25) is 5.95 Å². The van der Waals surface area contributed by atoms with E-state index in [1.165, 1.54) is 11.3 Å². The van der Waals surface area contributed by atoms with Crippen LogP contribution in [0.5, 0.6) is 0 Å². The van der Waals surface area contributed by atoms with Crippen molar-refractivity contribution in [2.24, 2.45) is 5.73 Å². The molecular weight excluding hydrogens is 372 g/mol. The van der Waals surface area contributed by atoms with Crippen LogP contribution in [0.15, 0.2) is 30.6 Å². The zero-order valence-corrected chi connectivity index (χ0v) is 15.4. The number of fused-ring (bicyclic) bond motifs is 1. The zero-order chi connectivity index (χ0) is 18.1. The van der Waals surface area contributed by atoms with E-state index in [-0.39, 0.29) is 11.9 Å². The first-order chi connectivity index (χ1) is 12.6. The molecular formula is C17H17ClN6OS. The molecule has 0 unspecified atom stereocenters. The number of likely N-dealkylation sites (tertiary alicyclic amines) is 1. The van der Waals surface area contributed by atoms with Gasteiger partial charge in [0, 0.05) is 37.2 Å². The molecule has 134 valence electrons. The molecule has 0 saturated carbocycles. The highest BCUT2D eigenvalue weighted by Crippen LogP contribution is 2.28. The van der Waals surface area contributed by atoms with Gasteiger partial charge < -0.3 is 16.0 Å². The number of nitrogens with zero attached hydrogens (tertiary/aromatic N) is 4. The number of hydrogen-bond donors (Lipinski definition) is 2. The highest BCUT2D eigenvalue weighted by atomic mass is 35.5. The van der Waals surface area contributed by atoms with E-state index in [0.717, 1.165) is 28.7 Å². The van der Waals surface area contributed by atoms with Gasteiger partial charge in [0.15, 0.2) is 4.47 Å². The maximum absolute atomic E-state index is 12.5. The first kappa shape index (κ1) is 17.1. The van der Waals surface area contributed by atoms with Crippen molar-refractivity contribution in [3.05, 3.63) is 40.6 Å². The Balaban J connectivity index is 1.45. The fourth-order valence-corrected chi connectivity index (χ4v) is 3.96. The highest BCUT2D eigenvalue weighted by Gasteiger charge is 2.22. The van der Waals surface area contributed by atoms with Gasteiger partial charge >= 0.3 is 0 Å². The predicted molar refractivity (Wildman–Crippen MR) is 103 cm³/mol. The molecule has 1 fully saturated rings. The number of halogens is 1. The van der Waals surface area contributed by atoms with Crippen LogP contribution in [0.3, 0.4) is 0 Å². The average molecular weight is 389 g/mol. The van der Waals surface area contributed by atoms with E-state index in [1.807, 2.05) is 18.2 Å². The number of piperidine rings is 1. The van der Waals surface area contributed by atoms with Crippen molar-refractivity contribution < 1.29 is 4.79 Å². The van der Waals surface area contributed by atoms with Crippen LogP contribution < -0.4 is 11.1 Å². The molecule has 1 aliphatic heterocycles. The maximum atomic E-state index is 12.5. The molecule has 1 saturated heterocycles. The maximum Gasteiger partial charge on any atom is 0.256 e. The molecule has 2 aromatic heterocycles. The molecule has 0 aliphatic carbocycles. The molecule has 1 amide bonds. The second-order valence-corrected chi connectivity index (χ2v) is 7.81. The second-order valence-electron chi connectivity index (χ2n) is 6.20. The first-order valence-corrected chi connectivity index (χ1v) is 9.48. The van der Waals surface area contributed by atoms with Crippen molar-refractivity contribution in [2.75, 3.05) is 18.4 Å². The van der Waals surface area contributed by atoms with Crippen LogP contribution in [0.4, 0.5) is 11.6 Å². The lowest BCUT2D eigenvalue weighted by molar-refractivity contribution is 0.0714. The molecule has 3 N–H and O–H groups in total. The van der Waals surface area contributed by atoms with Crippen LogP contribution in [0, 0.1) is 0 Å². The van der Waals surface area contributed by atoms with Gasteiger partial charge in [-0.2, -0.15) is 0 Å². The molecule has 7 nitrogen and oxygen atoms in total. The van der Waals surface area contributed by atoms with Crippen molar-refractivity contribution in [1.29, 1.82) is 0 Å². The third-order valence-electron chi connectivity index (χ3n) is 4.34. The van der Waals surface area contributed by atoms with Crippen molar-refractivity contribution in [1.82, 2.24) is 19.9 Å². The summed E-state index contributed by atoms with van der Waals surface area (Å²) in [4.78, 5) is 27.0. The fourth-order valence-electron chi connectivity index (χ4n) is 2.89. The van der Waals surface area contributed by atoms with E-state index in [4.69, 9.17) is 17.3 Å². The Kier molecular flexibility index (Phi) is 4.71. The number of aromatic nitrogens is 3. The molecule has 3 heterocycles. The Labute approximate surface area is 159 Å². The molecule has 0 radical (unpaired) electrons. The molecule has 0 atom stereocenters. The molecule has 9 heteroatoms. The van der Waals surface area contributed by atoms with E-state index in [1.54, 1.807) is 17.3 Å². The predicted octanol–water partition coefficient (Wildman–Crippen LogP) is 3.05. The van der Waals surface area contributed by atoms with E-state index in [2.05, 4.69) is 20.3 Å². The minimum absolute atomic E-state index is 0.0517. The summed E-state index contributed by atoms with van der Waals surface area (Å²) in [5.74, 6) is 0.376. The molecule has 1 aliphatic rings. The van der Waals surface area contributed by atoms with Crippen LogP contribution in [0.1, 0.15) is 23.2 Å². The summed E-state index contributed by atoms with van der Waals surface area (Å²) >= 11 is 7.35. The van der Waals surface area contributed by atoms with Crippen molar-refractivity contribution in [2.45, 2.75) is 18.9 Å². The Hall–Kier alpha value is -2.29. The molecule has 4 rings (SSSR count). The van der Waals surface area contributed by atoms with Crippen LogP contribution in [0.25, 0.3) is 10.2 Å². The molecule has 0 spiro atoms. The standard InChI is InChI=1S/C17H17ClN6OS/c18-16-23-13-2-1-12(7-14(13)26-16)22-17-20-8-10(9-21-17)15(25)24-5-3-11(19)4-6-24/h1-2,7-9,11H,3-6,19H2,(H,20,21,22). The van der Waals surface area contributed by atoms with Crippen LogP contribution in [0.2, 0.25) is 4.47 Å². The summed E-state index contributed by atoms with van der Waals surface area (Å²) in [5, 5.41) is 3.13. The molecule has 26 heavy (non-hydrogen) atoms. The van der Waals surface area contributed by atoms with E-state index in [9.17, 15) is 4.79 Å². The highest BCUT2D eigenvalue weighted by molar-refractivity contribution is 7.22. The zero-order valence-electron chi connectivity index (χ0n) is 13.9. The summed E-state index contributed by atoms with van der Waals surface area (Å²) in [5.41, 5.74) is 8.06. The van der Waals surface area contributed by atoms with Gasteiger partial charge in [-0.15, -0.1) is 11.3 Å². The largest absolute Gasteiger partial charge is 0.338 e. The summed E-state index contributed by atoms with van der Waals surface area (Å²) in [6, 6.07) is 5.90. The van der Waals surface area contributed by atoms with Gasteiger partial charge in [0.05, 0.1) is 15.8 Å². The molecule has 1 aromatic carbocycles. The Morgan fingerprint density at radius 1 is 1.27 bits per heavy atom. The second kappa shape index (κ2) is 7.14. The number of benzene rings is 1.